The van der Waals surface area contributed by atoms with Gasteiger partial charge in [0.15, 0.2) is 0 Å². The van der Waals surface area contributed by atoms with E-state index < -0.39 is 0 Å². The maximum absolute atomic E-state index is 11.5. The van der Waals surface area contributed by atoms with Gasteiger partial charge in [-0.05, 0) is 25.2 Å². The molecule has 1 aliphatic carbocycles. The molecule has 3 N–H and O–H groups in total. The molecule has 0 aromatic heterocycles. The van der Waals surface area contributed by atoms with Gasteiger partial charge >= 0.3 is 0 Å². The van der Waals surface area contributed by atoms with Crippen LogP contribution in [-0.2, 0) is 4.79 Å². The van der Waals surface area contributed by atoms with Crippen molar-refractivity contribution in [2.75, 3.05) is 13.1 Å². The van der Waals surface area contributed by atoms with Gasteiger partial charge < -0.3 is 11.1 Å². The van der Waals surface area contributed by atoms with Gasteiger partial charge in [0.2, 0.25) is 5.91 Å². The van der Waals surface area contributed by atoms with Gasteiger partial charge in [0.1, 0.15) is 0 Å². The molecule has 1 fully saturated rings. The van der Waals surface area contributed by atoms with Gasteiger partial charge in [0.25, 0.3) is 0 Å². The summed E-state index contributed by atoms with van der Waals surface area (Å²) in [6.45, 7) is 3.42. The molecule has 0 spiro atoms. The fourth-order valence-corrected chi connectivity index (χ4v) is 1.42. The molecule has 0 radical (unpaired) electrons. The third-order valence-corrected chi connectivity index (χ3v) is 2.55. The molecule has 3 heteroatoms. The van der Waals surface area contributed by atoms with Crippen LogP contribution in [0.2, 0.25) is 0 Å². The molecular formula is C10H20N2O. The van der Waals surface area contributed by atoms with Crippen LogP contribution >= 0.6 is 0 Å². The Balaban J connectivity index is 2.16. The van der Waals surface area contributed by atoms with Crippen molar-refractivity contribution < 1.29 is 4.79 Å². The summed E-state index contributed by atoms with van der Waals surface area (Å²) in [5, 5.41) is 2.96. The number of hydrogen-bond acceptors (Lipinski definition) is 2. The fraction of sp³-hybridized carbons (Fsp3) is 0.900. The average molecular weight is 184 g/mol. The summed E-state index contributed by atoms with van der Waals surface area (Å²) >= 11 is 0. The van der Waals surface area contributed by atoms with Crippen LogP contribution in [0.3, 0.4) is 0 Å². The van der Waals surface area contributed by atoms with Gasteiger partial charge in [-0.1, -0.05) is 13.3 Å². The molecule has 1 saturated carbocycles. The highest BCUT2D eigenvalue weighted by Gasteiger charge is 2.23. The van der Waals surface area contributed by atoms with Gasteiger partial charge in [-0.15, -0.1) is 0 Å². The molecule has 1 amide bonds. The van der Waals surface area contributed by atoms with Crippen molar-refractivity contribution in [1.82, 2.24) is 5.32 Å². The summed E-state index contributed by atoms with van der Waals surface area (Å²) in [6.07, 6.45) is 4.49. The summed E-state index contributed by atoms with van der Waals surface area (Å²) in [5.41, 5.74) is 5.52. The predicted octanol–water partition coefficient (Wildman–Crippen LogP) is 0.888. The normalized spacial score (nSPS) is 18.3. The summed E-state index contributed by atoms with van der Waals surface area (Å²) < 4.78 is 0. The first-order valence-corrected chi connectivity index (χ1v) is 5.25. The van der Waals surface area contributed by atoms with Crippen molar-refractivity contribution >= 4 is 5.91 Å². The van der Waals surface area contributed by atoms with E-state index in [0.717, 1.165) is 25.3 Å². The lowest BCUT2D eigenvalue weighted by Gasteiger charge is -2.13. The molecule has 0 bridgehead atoms. The Morgan fingerprint density at radius 1 is 1.62 bits per heavy atom. The molecular weight excluding hydrogens is 164 g/mol. The molecule has 0 saturated heterocycles. The zero-order chi connectivity index (χ0) is 9.68. The van der Waals surface area contributed by atoms with Crippen LogP contribution in [0.4, 0.5) is 0 Å². The van der Waals surface area contributed by atoms with Crippen molar-refractivity contribution in [3.63, 3.8) is 0 Å². The first kappa shape index (κ1) is 10.5. The van der Waals surface area contributed by atoms with E-state index in [-0.39, 0.29) is 11.8 Å². The smallest absolute Gasteiger partial charge is 0.224 e. The third-order valence-electron chi connectivity index (χ3n) is 2.55. The Labute approximate surface area is 80.1 Å². The summed E-state index contributed by atoms with van der Waals surface area (Å²) in [5.74, 6) is 0.934. The van der Waals surface area contributed by atoms with Crippen LogP contribution in [0.25, 0.3) is 0 Å². The average Bonchev–Trinajstić information content (AvgIpc) is 2.93. The van der Waals surface area contributed by atoms with Crippen molar-refractivity contribution in [2.24, 2.45) is 17.6 Å². The van der Waals surface area contributed by atoms with Crippen molar-refractivity contribution in [3.05, 3.63) is 0 Å². The van der Waals surface area contributed by atoms with E-state index in [4.69, 9.17) is 5.73 Å². The number of amides is 1. The molecule has 1 aliphatic rings. The Morgan fingerprint density at radius 3 is 2.77 bits per heavy atom. The van der Waals surface area contributed by atoms with Crippen LogP contribution in [-0.4, -0.2) is 19.0 Å². The molecule has 13 heavy (non-hydrogen) atoms. The van der Waals surface area contributed by atoms with Crippen LogP contribution in [0.15, 0.2) is 0 Å². The third kappa shape index (κ3) is 3.77. The second kappa shape index (κ2) is 5.22. The summed E-state index contributed by atoms with van der Waals surface area (Å²) in [6, 6.07) is 0. The maximum Gasteiger partial charge on any atom is 0.224 e. The maximum atomic E-state index is 11.5. The fourth-order valence-electron chi connectivity index (χ4n) is 1.42. The molecule has 1 atom stereocenters. The molecule has 0 aromatic carbocycles. The highest BCUT2D eigenvalue weighted by atomic mass is 16.1. The molecule has 1 unspecified atom stereocenters. The standard InChI is InChI=1S/C10H20N2O/c1-2-3-9(6-11)10(13)12-7-8-4-5-8/h8-9H,2-7,11H2,1H3,(H,12,13). The lowest BCUT2D eigenvalue weighted by atomic mass is 10.0. The highest BCUT2D eigenvalue weighted by Crippen LogP contribution is 2.27. The minimum absolute atomic E-state index is 0.0312. The number of carbonyl (C=O) groups excluding carboxylic acids is 1. The van der Waals surface area contributed by atoms with Crippen LogP contribution in [0, 0.1) is 11.8 Å². The predicted molar refractivity (Wildman–Crippen MR) is 53.2 cm³/mol. The van der Waals surface area contributed by atoms with E-state index in [1.807, 2.05) is 0 Å². The monoisotopic (exact) mass is 184 g/mol. The van der Waals surface area contributed by atoms with Crippen LogP contribution in [0.1, 0.15) is 32.6 Å². The minimum atomic E-state index is 0.0312. The van der Waals surface area contributed by atoms with Gasteiger partial charge in [-0.3, -0.25) is 4.79 Å². The van der Waals surface area contributed by atoms with Gasteiger partial charge in [-0.2, -0.15) is 0 Å². The van der Waals surface area contributed by atoms with Gasteiger partial charge in [-0.25, -0.2) is 0 Å². The zero-order valence-electron chi connectivity index (χ0n) is 8.38. The lowest BCUT2D eigenvalue weighted by molar-refractivity contribution is -0.124. The van der Waals surface area contributed by atoms with Crippen LogP contribution < -0.4 is 11.1 Å². The topological polar surface area (TPSA) is 55.1 Å². The SMILES string of the molecule is CCCC(CN)C(=O)NCC1CC1. The number of nitrogens with one attached hydrogen (secondary N) is 1. The Morgan fingerprint density at radius 2 is 2.31 bits per heavy atom. The number of carbonyl (C=O) groups is 1. The Kier molecular flexibility index (Phi) is 4.22. The van der Waals surface area contributed by atoms with E-state index in [1.165, 1.54) is 12.8 Å². The Hall–Kier alpha value is -0.570. The van der Waals surface area contributed by atoms with Crippen LogP contribution in [0.5, 0.6) is 0 Å². The number of nitrogens with two attached hydrogens (primary N) is 1. The zero-order valence-corrected chi connectivity index (χ0v) is 8.38. The van der Waals surface area contributed by atoms with E-state index >= 15 is 0 Å². The van der Waals surface area contributed by atoms with Crippen molar-refractivity contribution in [3.8, 4) is 0 Å². The van der Waals surface area contributed by atoms with E-state index in [0.29, 0.717) is 6.54 Å². The highest BCUT2D eigenvalue weighted by molar-refractivity contribution is 5.78. The van der Waals surface area contributed by atoms with Crippen molar-refractivity contribution in [2.45, 2.75) is 32.6 Å². The molecule has 76 valence electrons. The number of rotatable bonds is 6. The van der Waals surface area contributed by atoms with Gasteiger partial charge in [0.05, 0.1) is 5.92 Å². The van der Waals surface area contributed by atoms with E-state index in [2.05, 4.69) is 12.2 Å². The molecule has 3 nitrogen and oxygen atoms in total. The minimum Gasteiger partial charge on any atom is -0.356 e. The van der Waals surface area contributed by atoms with E-state index in [1.54, 1.807) is 0 Å². The lowest BCUT2D eigenvalue weighted by Crippen LogP contribution is -2.36. The molecule has 0 heterocycles. The molecule has 0 aliphatic heterocycles. The summed E-state index contributed by atoms with van der Waals surface area (Å²) in [7, 11) is 0. The second-order valence-electron chi connectivity index (χ2n) is 3.91. The second-order valence-corrected chi connectivity index (χ2v) is 3.91. The molecule has 1 rings (SSSR count). The quantitative estimate of drug-likeness (QED) is 0.644. The Bertz CT molecular complexity index is 166. The van der Waals surface area contributed by atoms with Crippen molar-refractivity contribution in [1.29, 1.82) is 0 Å². The number of hydrogen-bond donors (Lipinski definition) is 2. The largest absolute Gasteiger partial charge is 0.356 e. The first-order valence-electron chi connectivity index (χ1n) is 5.25. The first-order chi connectivity index (χ1) is 6.27. The van der Waals surface area contributed by atoms with E-state index in [9.17, 15) is 4.79 Å². The van der Waals surface area contributed by atoms with Gasteiger partial charge in [0, 0.05) is 13.1 Å². The molecule has 0 aromatic rings. The summed E-state index contributed by atoms with van der Waals surface area (Å²) in [4.78, 5) is 11.5.